The lowest BCUT2D eigenvalue weighted by atomic mass is 9.96. The summed E-state index contributed by atoms with van der Waals surface area (Å²) in [5.74, 6) is 0.496. The molecule has 4 heterocycles. The molecular weight excluding hydrogens is 677 g/mol. The van der Waals surface area contributed by atoms with Crippen LogP contribution in [0.3, 0.4) is 0 Å². The van der Waals surface area contributed by atoms with E-state index in [9.17, 15) is 13.2 Å². The van der Waals surface area contributed by atoms with E-state index in [2.05, 4.69) is 20.3 Å². The lowest BCUT2D eigenvalue weighted by Gasteiger charge is -2.32. The Hall–Kier alpha value is -3.33. The van der Waals surface area contributed by atoms with Crippen molar-refractivity contribution in [2.24, 2.45) is 5.92 Å². The zero-order chi connectivity index (χ0) is 33.8. The molecule has 0 aliphatic carbocycles. The van der Waals surface area contributed by atoms with Crippen LogP contribution < -0.4 is 10.1 Å². The van der Waals surface area contributed by atoms with Gasteiger partial charge in [-0.15, -0.1) is 0 Å². The largest absolute Gasteiger partial charge is 0.487 e. The van der Waals surface area contributed by atoms with E-state index in [-0.39, 0.29) is 40.6 Å². The van der Waals surface area contributed by atoms with E-state index < -0.39 is 16.1 Å². The summed E-state index contributed by atoms with van der Waals surface area (Å²) in [6.07, 6.45) is 6.70. The Morgan fingerprint density at radius 1 is 1.12 bits per heavy atom. The molecule has 1 amide bonds. The average molecular weight is 717 g/mol. The van der Waals surface area contributed by atoms with Crippen molar-refractivity contribution in [2.45, 2.75) is 56.6 Å². The van der Waals surface area contributed by atoms with Crippen LogP contribution >= 0.6 is 23.2 Å². The molecule has 0 bridgehead atoms. The number of nitrogens with zero attached hydrogens (tertiary/aromatic N) is 6. The van der Waals surface area contributed by atoms with Crippen LogP contribution in [0, 0.1) is 12.8 Å². The molecule has 2 aliphatic rings. The first kappa shape index (κ1) is 34.5. The monoisotopic (exact) mass is 715 g/mol. The highest BCUT2D eigenvalue weighted by Crippen LogP contribution is 2.37. The first-order valence-electron chi connectivity index (χ1n) is 16.1. The van der Waals surface area contributed by atoms with Gasteiger partial charge < -0.3 is 20.1 Å². The maximum Gasteiger partial charge on any atom is 0.245 e. The minimum Gasteiger partial charge on any atom is -0.487 e. The zero-order valence-corrected chi connectivity index (χ0v) is 29.0. The number of para-hydroxylation sites is 1. The second-order valence-electron chi connectivity index (χ2n) is 12.3. The number of fused-ring (bicyclic) bond motifs is 1. The third kappa shape index (κ3) is 7.31. The fourth-order valence-electron chi connectivity index (χ4n) is 6.51. The number of amides is 1. The number of hydrogen-bond donors (Lipinski definition) is 2. The lowest BCUT2D eigenvalue weighted by molar-refractivity contribution is -0.124. The third-order valence-corrected chi connectivity index (χ3v) is 11.9. The highest BCUT2D eigenvalue weighted by Gasteiger charge is 2.41. The third-order valence-electron chi connectivity index (χ3n) is 9.09. The van der Waals surface area contributed by atoms with E-state index in [1.54, 1.807) is 17.1 Å². The van der Waals surface area contributed by atoms with Crippen LogP contribution in [-0.4, -0.2) is 93.8 Å². The van der Waals surface area contributed by atoms with E-state index in [1.807, 2.05) is 25.1 Å². The Morgan fingerprint density at radius 3 is 2.69 bits per heavy atom. The summed E-state index contributed by atoms with van der Waals surface area (Å²) in [4.78, 5) is 24.3. The lowest BCUT2D eigenvalue weighted by Crippen LogP contribution is -2.47. The maximum absolute atomic E-state index is 14.0. The molecule has 2 fully saturated rings. The number of aryl methyl sites for hydroxylation is 1. The van der Waals surface area contributed by atoms with Gasteiger partial charge in [-0.1, -0.05) is 35.3 Å². The van der Waals surface area contributed by atoms with Gasteiger partial charge in [-0.3, -0.25) is 4.79 Å². The number of rotatable bonds is 12. The molecule has 2 aromatic heterocycles. The Kier molecular flexibility index (Phi) is 10.8. The molecule has 12 nitrogen and oxygen atoms in total. The smallest absolute Gasteiger partial charge is 0.245 e. The maximum atomic E-state index is 14.0. The van der Waals surface area contributed by atoms with Crippen LogP contribution in [0.4, 0.5) is 0 Å². The number of likely N-dealkylation sites (tertiary alicyclic amines) is 1. The molecule has 2 saturated heterocycles. The number of sulfonamides is 1. The van der Waals surface area contributed by atoms with Gasteiger partial charge in [-0.05, 0) is 82.3 Å². The molecule has 2 aliphatic heterocycles. The van der Waals surface area contributed by atoms with Crippen LogP contribution in [0.5, 0.6) is 5.75 Å². The zero-order valence-electron chi connectivity index (χ0n) is 26.7. The van der Waals surface area contributed by atoms with Crippen molar-refractivity contribution >= 4 is 50.0 Å². The normalized spacial score (nSPS) is 18.0. The summed E-state index contributed by atoms with van der Waals surface area (Å²) in [5.41, 5.74) is 2.44. The van der Waals surface area contributed by atoms with Crippen molar-refractivity contribution in [1.29, 1.82) is 0 Å². The first-order chi connectivity index (χ1) is 23.2. The number of aromatic nitrogens is 4. The van der Waals surface area contributed by atoms with Crippen LogP contribution in [0.25, 0.3) is 16.6 Å². The SMILES string of the molecule is Cc1cc(-n2cncn2)c2cccc(OCc3c(Cl)ccc(S(=O)(=O)N4CCC[C@H]4C(=O)NCC4CCN(CCCO)CC4)c3Cl)c2n1. The van der Waals surface area contributed by atoms with Crippen LogP contribution in [0.1, 0.15) is 43.4 Å². The van der Waals surface area contributed by atoms with Gasteiger partial charge in [0.05, 0.1) is 10.7 Å². The molecule has 0 saturated carbocycles. The van der Waals surface area contributed by atoms with Crippen molar-refractivity contribution in [3.8, 4) is 11.4 Å². The van der Waals surface area contributed by atoms with E-state index in [1.165, 1.54) is 22.8 Å². The predicted molar refractivity (Wildman–Crippen MR) is 183 cm³/mol. The Morgan fingerprint density at radius 2 is 1.94 bits per heavy atom. The van der Waals surface area contributed by atoms with Gasteiger partial charge in [0.1, 0.15) is 41.5 Å². The number of pyridine rings is 1. The molecule has 0 spiro atoms. The average Bonchev–Trinajstić information content (AvgIpc) is 3.80. The molecule has 0 radical (unpaired) electrons. The summed E-state index contributed by atoms with van der Waals surface area (Å²) in [6.45, 7) is 5.37. The molecule has 2 aromatic carbocycles. The fraction of sp³-hybridized carbons (Fsp3) is 0.455. The number of hydrogen-bond acceptors (Lipinski definition) is 9. The summed E-state index contributed by atoms with van der Waals surface area (Å²) in [6, 6.07) is 9.47. The van der Waals surface area contributed by atoms with Gasteiger partial charge >= 0.3 is 0 Å². The van der Waals surface area contributed by atoms with Crippen molar-refractivity contribution in [1.82, 2.24) is 34.3 Å². The topological polar surface area (TPSA) is 143 Å². The number of halogens is 2. The number of benzene rings is 2. The first-order valence-corrected chi connectivity index (χ1v) is 18.3. The van der Waals surface area contributed by atoms with Gasteiger partial charge in [0.25, 0.3) is 0 Å². The Bertz CT molecular complexity index is 1870. The van der Waals surface area contributed by atoms with Crippen LogP contribution in [0.15, 0.2) is 53.9 Å². The standard InChI is InChI=1S/C33H39Cl2N7O5S/c1-22-17-28(41-21-36-20-38-41)24-5-2-7-29(32(24)39-22)47-19-25-26(34)8-9-30(31(25)35)48(45,46)42-13-3-6-27(42)33(44)37-18-23-10-14-40(15-11-23)12-4-16-43/h2,5,7-9,17,20-21,23,27,43H,3-4,6,10-16,18-19H2,1H3,(H,37,44)/t27-/m0/s1. The molecule has 4 aromatic rings. The minimum absolute atomic E-state index is 0.0470. The van der Waals surface area contributed by atoms with E-state index in [4.69, 9.17) is 38.0 Å². The number of piperidine rings is 1. The molecule has 48 heavy (non-hydrogen) atoms. The Labute approximate surface area is 290 Å². The molecule has 256 valence electrons. The second kappa shape index (κ2) is 15.1. The predicted octanol–water partition coefficient (Wildman–Crippen LogP) is 4.37. The highest BCUT2D eigenvalue weighted by atomic mass is 35.5. The minimum atomic E-state index is -4.14. The molecule has 0 unspecified atom stereocenters. The number of aliphatic hydroxyl groups excluding tert-OH is 1. The number of nitrogens with one attached hydrogen (secondary N) is 1. The molecule has 1 atom stereocenters. The van der Waals surface area contributed by atoms with Gasteiger partial charge in [0.2, 0.25) is 15.9 Å². The van der Waals surface area contributed by atoms with E-state index in [0.717, 1.165) is 55.7 Å². The van der Waals surface area contributed by atoms with Gasteiger partial charge in [0.15, 0.2) is 0 Å². The van der Waals surface area contributed by atoms with Gasteiger partial charge in [-0.25, -0.2) is 23.1 Å². The Balaban J connectivity index is 1.16. The van der Waals surface area contributed by atoms with E-state index in [0.29, 0.717) is 42.1 Å². The highest BCUT2D eigenvalue weighted by molar-refractivity contribution is 7.89. The fourth-order valence-corrected chi connectivity index (χ4v) is 9.03. The van der Waals surface area contributed by atoms with Gasteiger partial charge in [-0.2, -0.15) is 9.40 Å². The molecule has 6 rings (SSSR count). The molecule has 15 heteroatoms. The van der Waals surface area contributed by atoms with Crippen molar-refractivity contribution in [3.63, 3.8) is 0 Å². The van der Waals surface area contributed by atoms with Crippen molar-refractivity contribution < 1.29 is 23.1 Å². The summed E-state index contributed by atoms with van der Waals surface area (Å²) < 4.78 is 37.2. The van der Waals surface area contributed by atoms with E-state index >= 15 is 0 Å². The number of carbonyl (C=O) groups is 1. The molecule has 2 N–H and O–H groups in total. The summed E-state index contributed by atoms with van der Waals surface area (Å²) >= 11 is 13.3. The number of ether oxygens (including phenoxy) is 1. The summed E-state index contributed by atoms with van der Waals surface area (Å²) in [5, 5.41) is 17.4. The van der Waals surface area contributed by atoms with Gasteiger partial charge in [0, 0.05) is 47.9 Å². The van der Waals surface area contributed by atoms with Crippen molar-refractivity contribution in [2.75, 3.05) is 39.3 Å². The molecular formula is C33H39Cl2N7O5S. The number of aliphatic hydroxyl groups is 1. The quantitative estimate of drug-likeness (QED) is 0.219. The van der Waals surface area contributed by atoms with Crippen LogP contribution in [-0.2, 0) is 21.4 Å². The number of carbonyl (C=O) groups excluding carboxylic acids is 1. The van der Waals surface area contributed by atoms with Crippen molar-refractivity contribution in [3.05, 3.63) is 70.4 Å². The van der Waals surface area contributed by atoms with Crippen LogP contribution in [0.2, 0.25) is 10.0 Å². The summed E-state index contributed by atoms with van der Waals surface area (Å²) in [7, 11) is -4.14. The second-order valence-corrected chi connectivity index (χ2v) is 14.9.